The maximum atomic E-state index is 12.1. The number of para-hydroxylation sites is 1. The number of amides is 1. The summed E-state index contributed by atoms with van der Waals surface area (Å²) >= 11 is 0. The summed E-state index contributed by atoms with van der Waals surface area (Å²) in [6.45, 7) is 9.36. The van der Waals surface area contributed by atoms with Gasteiger partial charge in [-0.25, -0.2) is 0 Å². The Balaban J connectivity index is 1.76. The standard InChI is InChI=1S/C21H28N4O2/c1-13(2)15-7-5-8-16(14(3)4)20(15)22-18-10-11-19(25-24-18)23-21(26)17-9-6-12-27-17/h5,7-8,10-11,13-14,17H,6,9,12H2,1-4H3,(H,22,24)(H,23,25,26). The molecule has 3 rings (SSSR count). The number of carbonyl (C=O) groups is 1. The Bertz CT molecular complexity index is 755. The van der Waals surface area contributed by atoms with Gasteiger partial charge in [0.1, 0.15) is 6.10 Å². The van der Waals surface area contributed by atoms with Crippen LogP contribution in [0.5, 0.6) is 0 Å². The number of ether oxygens (including phenoxy) is 1. The van der Waals surface area contributed by atoms with Gasteiger partial charge in [0.05, 0.1) is 0 Å². The number of nitrogens with one attached hydrogen (secondary N) is 2. The van der Waals surface area contributed by atoms with E-state index in [1.165, 1.54) is 11.1 Å². The number of carbonyl (C=O) groups excluding carboxylic acids is 1. The van der Waals surface area contributed by atoms with Crippen molar-refractivity contribution in [3.05, 3.63) is 41.5 Å². The molecule has 1 atom stereocenters. The van der Waals surface area contributed by atoms with Gasteiger partial charge < -0.3 is 15.4 Å². The first-order valence-corrected chi connectivity index (χ1v) is 9.61. The third-order valence-corrected chi connectivity index (χ3v) is 4.76. The van der Waals surface area contributed by atoms with Gasteiger partial charge in [0.2, 0.25) is 0 Å². The fourth-order valence-corrected chi connectivity index (χ4v) is 3.28. The topological polar surface area (TPSA) is 76.1 Å². The van der Waals surface area contributed by atoms with E-state index in [1.54, 1.807) is 6.07 Å². The van der Waals surface area contributed by atoms with E-state index in [2.05, 4.69) is 66.7 Å². The van der Waals surface area contributed by atoms with Crippen LogP contribution in [0.15, 0.2) is 30.3 Å². The molecule has 0 saturated carbocycles. The lowest BCUT2D eigenvalue weighted by molar-refractivity contribution is -0.124. The predicted molar refractivity (Wildman–Crippen MR) is 108 cm³/mol. The minimum atomic E-state index is -0.379. The van der Waals surface area contributed by atoms with E-state index in [0.29, 0.717) is 30.1 Å². The lowest BCUT2D eigenvalue weighted by atomic mass is 9.92. The quantitative estimate of drug-likeness (QED) is 0.780. The maximum absolute atomic E-state index is 12.1. The lowest BCUT2D eigenvalue weighted by Gasteiger charge is -2.20. The molecule has 6 heteroatoms. The van der Waals surface area contributed by atoms with Crippen LogP contribution in [0, 0.1) is 0 Å². The molecule has 1 fully saturated rings. The van der Waals surface area contributed by atoms with Crippen LogP contribution in [0.25, 0.3) is 0 Å². The third-order valence-electron chi connectivity index (χ3n) is 4.76. The van der Waals surface area contributed by atoms with Crippen LogP contribution in [-0.4, -0.2) is 28.8 Å². The van der Waals surface area contributed by atoms with Gasteiger partial charge in [-0.1, -0.05) is 45.9 Å². The summed E-state index contributed by atoms with van der Waals surface area (Å²) in [5.74, 6) is 1.71. The van der Waals surface area contributed by atoms with Crippen molar-refractivity contribution in [2.75, 3.05) is 17.2 Å². The number of hydrogen-bond acceptors (Lipinski definition) is 5. The van der Waals surface area contributed by atoms with Crippen LogP contribution in [-0.2, 0) is 9.53 Å². The Hall–Kier alpha value is -2.47. The highest BCUT2D eigenvalue weighted by molar-refractivity contribution is 5.93. The Morgan fingerprint density at radius 1 is 1.04 bits per heavy atom. The molecule has 2 aromatic rings. The van der Waals surface area contributed by atoms with Crippen LogP contribution in [0.4, 0.5) is 17.3 Å². The number of rotatable bonds is 6. The lowest BCUT2D eigenvalue weighted by Crippen LogP contribution is -2.27. The van der Waals surface area contributed by atoms with Crippen molar-refractivity contribution < 1.29 is 9.53 Å². The molecule has 1 amide bonds. The molecule has 0 aliphatic carbocycles. The highest BCUT2D eigenvalue weighted by Crippen LogP contribution is 2.34. The minimum Gasteiger partial charge on any atom is -0.368 e. The molecule has 27 heavy (non-hydrogen) atoms. The SMILES string of the molecule is CC(C)c1cccc(C(C)C)c1Nc1ccc(NC(=O)C2CCCO2)nn1. The van der Waals surface area contributed by atoms with Crippen molar-refractivity contribution >= 4 is 23.2 Å². The first-order chi connectivity index (χ1) is 13.0. The number of anilines is 3. The van der Waals surface area contributed by atoms with Crippen molar-refractivity contribution in [2.24, 2.45) is 0 Å². The normalized spacial score (nSPS) is 16.7. The second kappa shape index (κ2) is 8.48. The van der Waals surface area contributed by atoms with Crippen molar-refractivity contribution in [1.82, 2.24) is 10.2 Å². The monoisotopic (exact) mass is 368 g/mol. The average Bonchev–Trinajstić information content (AvgIpc) is 3.18. The first-order valence-electron chi connectivity index (χ1n) is 9.61. The van der Waals surface area contributed by atoms with Gasteiger partial charge in [-0.15, -0.1) is 10.2 Å². The van der Waals surface area contributed by atoms with Crippen molar-refractivity contribution in [3.63, 3.8) is 0 Å². The molecule has 1 unspecified atom stereocenters. The van der Waals surface area contributed by atoms with E-state index >= 15 is 0 Å². The summed E-state index contributed by atoms with van der Waals surface area (Å²) in [5, 5.41) is 14.6. The van der Waals surface area contributed by atoms with E-state index in [9.17, 15) is 4.79 Å². The van der Waals surface area contributed by atoms with Crippen molar-refractivity contribution in [2.45, 2.75) is 58.5 Å². The van der Waals surface area contributed by atoms with Crippen LogP contribution in [0.1, 0.15) is 63.5 Å². The van der Waals surface area contributed by atoms with E-state index in [4.69, 9.17) is 4.74 Å². The number of benzene rings is 1. The molecular formula is C21H28N4O2. The van der Waals surface area contributed by atoms with E-state index < -0.39 is 0 Å². The summed E-state index contributed by atoms with van der Waals surface area (Å²) in [6, 6.07) is 9.98. The van der Waals surface area contributed by atoms with Gasteiger partial charge in [0.25, 0.3) is 5.91 Å². The highest BCUT2D eigenvalue weighted by Gasteiger charge is 2.24. The molecule has 2 N–H and O–H groups in total. The van der Waals surface area contributed by atoms with Gasteiger partial charge in [0.15, 0.2) is 11.6 Å². The van der Waals surface area contributed by atoms with E-state index in [1.807, 2.05) is 6.07 Å². The molecule has 6 nitrogen and oxygen atoms in total. The van der Waals surface area contributed by atoms with Gasteiger partial charge >= 0.3 is 0 Å². The van der Waals surface area contributed by atoms with E-state index in [-0.39, 0.29) is 12.0 Å². The predicted octanol–water partition coefficient (Wildman–Crippen LogP) is 4.58. The summed E-state index contributed by atoms with van der Waals surface area (Å²) in [6.07, 6.45) is 1.29. The summed E-state index contributed by atoms with van der Waals surface area (Å²) in [4.78, 5) is 12.1. The second-order valence-electron chi connectivity index (χ2n) is 7.54. The maximum Gasteiger partial charge on any atom is 0.254 e. The molecule has 1 saturated heterocycles. The van der Waals surface area contributed by atoms with Gasteiger partial charge in [0, 0.05) is 12.3 Å². The largest absolute Gasteiger partial charge is 0.368 e. The van der Waals surface area contributed by atoms with Crippen molar-refractivity contribution in [1.29, 1.82) is 0 Å². The molecule has 1 aliphatic heterocycles. The molecule has 1 aromatic heterocycles. The summed E-state index contributed by atoms with van der Waals surface area (Å²) in [7, 11) is 0. The van der Waals surface area contributed by atoms with Gasteiger partial charge in [-0.05, 0) is 47.9 Å². The zero-order valence-electron chi connectivity index (χ0n) is 16.5. The Labute approximate surface area is 160 Å². The highest BCUT2D eigenvalue weighted by atomic mass is 16.5. The van der Waals surface area contributed by atoms with Crippen LogP contribution >= 0.6 is 0 Å². The number of nitrogens with zero attached hydrogens (tertiary/aromatic N) is 2. The smallest absolute Gasteiger partial charge is 0.254 e. The molecule has 0 spiro atoms. The number of aromatic nitrogens is 2. The fraction of sp³-hybridized carbons (Fsp3) is 0.476. The third kappa shape index (κ3) is 4.63. The molecule has 0 bridgehead atoms. The van der Waals surface area contributed by atoms with Gasteiger partial charge in [-0.2, -0.15) is 0 Å². The first kappa shape index (κ1) is 19.3. The zero-order chi connectivity index (χ0) is 19.4. The average molecular weight is 368 g/mol. The fourth-order valence-electron chi connectivity index (χ4n) is 3.28. The second-order valence-corrected chi connectivity index (χ2v) is 7.54. The Morgan fingerprint density at radius 3 is 2.19 bits per heavy atom. The molecule has 144 valence electrons. The van der Waals surface area contributed by atoms with Crippen LogP contribution < -0.4 is 10.6 Å². The van der Waals surface area contributed by atoms with Crippen molar-refractivity contribution in [3.8, 4) is 0 Å². The molecule has 2 heterocycles. The molecular weight excluding hydrogens is 340 g/mol. The van der Waals surface area contributed by atoms with Crippen LogP contribution in [0.2, 0.25) is 0 Å². The van der Waals surface area contributed by atoms with Crippen LogP contribution in [0.3, 0.4) is 0 Å². The minimum absolute atomic E-state index is 0.158. The van der Waals surface area contributed by atoms with E-state index in [0.717, 1.165) is 18.5 Å². The molecule has 0 radical (unpaired) electrons. The number of hydrogen-bond donors (Lipinski definition) is 2. The zero-order valence-corrected chi connectivity index (χ0v) is 16.5. The van der Waals surface area contributed by atoms with Gasteiger partial charge in [-0.3, -0.25) is 4.79 Å². The molecule has 1 aromatic carbocycles. The molecule has 1 aliphatic rings. The Kier molecular flexibility index (Phi) is 6.06. The summed E-state index contributed by atoms with van der Waals surface area (Å²) in [5.41, 5.74) is 3.59. The summed E-state index contributed by atoms with van der Waals surface area (Å²) < 4.78 is 5.39. The Morgan fingerprint density at radius 2 is 1.67 bits per heavy atom.